The molecule has 164 valence electrons. The number of ether oxygens (including phenoxy) is 1. The molecule has 0 aliphatic rings. The first kappa shape index (κ1) is 21.3. The number of halogens is 1. The Balaban J connectivity index is 1.61. The molecule has 3 aromatic heterocycles. The number of hydrogen-bond acceptors (Lipinski definition) is 6. The lowest BCUT2D eigenvalue weighted by Gasteiger charge is -2.09. The Bertz CT molecular complexity index is 1460. The zero-order valence-electron chi connectivity index (χ0n) is 17.9. The molecule has 0 N–H and O–H groups in total. The van der Waals surface area contributed by atoms with E-state index in [2.05, 4.69) is 19.7 Å². The normalized spacial score (nSPS) is 11.1. The maximum Gasteiger partial charge on any atom is 0.214 e. The number of fused-ring (bicyclic) bond motifs is 1. The molecule has 8 heteroatoms. The molecule has 0 saturated carbocycles. The summed E-state index contributed by atoms with van der Waals surface area (Å²) in [6, 6.07) is 17.2. The summed E-state index contributed by atoms with van der Waals surface area (Å²) < 4.78 is 7.58. The summed E-state index contributed by atoms with van der Waals surface area (Å²) in [5, 5.41) is 12.0. The van der Waals surface area contributed by atoms with E-state index in [1.165, 1.54) is 11.3 Å². The molecule has 33 heavy (non-hydrogen) atoms. The molecule has 0 fully saturated rings. The van der Waals surface area contributed by atoms with Crippen LogP contribution in [0.25, 0.3) is 21.6 Å². The van der Waals surface area contributed by atoms with Gasteiger partial charge in [0.1, 0.15) is 22.1 Å². The lowest BCUT2D eigenvalue weighted by Crippen LogP contribution is -2.06. The van der Waals surface area contributed by atoms with Gasteiger partial charge in [-0.3, -0.25) is 4.79 Å². The molecule has 5 aromatic rings. The maximum absolute atomic E-state index is 13.7. The van der Waals surface area contributed by atoms with E-state index in [9.17, 15) is 4.79 Å². The standard InChI is InChI=1S/C25H19ClN4O2S/c1-15-23(24(31)21-14-33-25(28-21)20-4-3-11-27-29-20)19-12-18(32-2)9-10-22(19)30(15)13-16-5-7-17(26)8-6-16/h3-12,14H,13H2,1-2H3. The van der Waals surface area contributed by atoms with Crippen molar-refractivity contribution in [3.8, 4) is 16.5 Å². The Morgan fingerprint density at radius 1 is 1.15 bits per heavy atom. The predicted octanol–water partition coefficient (Wildman–Crippen LogP) is 5.80. The van der Waals surface area contributed by atoms with Crippen LogP contribution >= 0.6 is 22.9 Å². The van der Waals surface area contributed by atoms with Crippen LogP contribution in [0.4, 0.5) is 0 Å². The van der Waals surface area contributed by atoms with Gasteiger partial charge in [0.15, 0.2) is 0 Å². The van der Waals surface area contributed by atoms with Crippen molar-refractivity contribution in [3.63, 3.8) is 0 Å². The minimum atomic E-state index is -0.132. The fraction of sp³-hybridized carbons (Fsp3) is 0.120. The predicted molar refractivity (Wildman–Crippen MR) is 130 cm³/mol. The van der Waals surface area contributed by atoms with Gasteiger partial charge in [0, 0.05) is 39.7 Å². The molecule has 0 aliphatic heterocycles. The SMILES string of the molecule is COc1ccc2c(c1)c(C(=O)c1csc(-c3cccnn3)n1)c(C)n2Cc1ccc(Cl)cc1. The van der Waals surface area contributed by atoms with Crippen LogP contribution in [0.1, 0.15) is 27.3 Å². The third-order valence-electron chi connectivity index (χ3n) is 5.54. The van der Waals surface area contributed by atoms with Crippen LogP contribution in [0.2, 0.25) is 5.02 Å². The summed E-state index contributed by atoms with van der Waals surface area (Å²) in [5.74, 6) is 0.561. The van der Waals surface area contributed by atoms with E-state index in [-0.39, 0.29) is 5.78 Å². The Morgan fingerprint density at radius 3 is 2.70 bits per heavy atom. The van der Waals surface area contributed by atoms with Crippen LogP contribution in [0.15, 0.2) is 66.2 Å². The van der Waals surface area contributed by atoms with Crippen LogP contribution in [-0.2, 0) is 6.54 Å². The molecule has 0 atom stereocenters. The van der Waals surface area contributed by atoms with Crippen LogP contribution in [0.5, 0.6) is 5.75 Å². The summed E-state index contributed by atoms with van der Waals surface area (Å²) in [5.41, 5.74) is 4.56. The third-order valence-corrected chi connectivity index (χ3v) is 6.66. The number of carbonyl (C=O) groups is 1. The molecular formula is C25H19ClN4O2S. The van der Waals surface area contributed by atoms with Crippen LogP contribution in [-0.4, -0.2) is 32.6 Å². The molecule has 2 aromatic carbocycles. The smallest absolute Gasteiger partial charge is 0.214 e. The van der Waals surface area contributed by atoms with E-state index < -0.39 is 0 Å². The number of benzene rings is 2. The van der Waals surface area contributed by atoms with Crippen LogP contribution in [0, 0.1) is 6.92 Å². The fourth-order valence-electron chi connectivity index (χ4n) is 3.89. The topological polar surface area (TPSA) is 69.9 Å². The number of methoxy groups -OCH3 is 1. The van der Waals surface area contributed by atoms with Crippen molar-refractivity contribution in [3.05, 3.63) is 93.7 Å². The van der Waals surface area contributed by atoms with Gasteiger partial charge in [-0.2, -0.15) is 5.10 Å². The maximum atomic E-state index is 13.7. The Kier molecular flexibility index (Phi) is 5.66. The molecule has 0 spiro atoms. The average Bonchev–Trinajstić information content (AvgIpc) is 3.44. The van der Waals surface area contributed by atoms with Crippen molar-refractivity contribution >= 4 is 39.6 Å². The Morgan fingerprint density at radius 2 is 1.97 bits per heavy atom. The zero-order valence-corrected chi connectivity index (χ0v) is 19.5. The number of ketones is 1. The quantitative estimate of drug-likeness (QED) is 0.291. The number of carbonyl (C=O) groups excluding carboxylic acids is 1. The number of nitrogens with zero attached hydrogens (tertiary/aromatic N) is 4. The van der Waals surface area contributed by atoms with E-state index in [0.29, 0.717) is 39.3 Å². The van der Waals surface area contributed by atoms with Gasteiger partial charge in [-0.1, -0.05) is 23.7 Å². The van der Waals surface area contributed by atoms with E-state index in [0.717, 1.165) is 22.2 Å². The zero-order chi connectivity index (χ0) is 22.9. The summed E-state index contributed by atoms with van der Waals surface area (Å²) in [6.07, 6.45) is 1.61. The highest BCUT2D eigenvalue weighted by Gasteiger charge is 2.24. The molecule has 0 saturated heterocycles. The largest absolute Gasteiger partial charge is 0.497 e. The lowest BCUT2D eigenvalue weighted by atomic mass is 10.0. The van der Waals surface area contributed by atoms with E-state index in [1.54, 1.807) is 24.8 Å². The van der Waals surface area contributed by atoms with Crippen molar-refractivity contribution in [1.82, 2.24) is 19.7 Å². The number of hydrogen-bond donors (Lipinski definition) is 0. The van der Waals surface area contributed by atoms with Crippen molar-refractivity contribution in [2.45, 2.75) is 13.5 Å². The van der Waals surface area contributed by atoms with E-state index >= 15 is 0 Å². The average molecular weight is 475 g/mol. The molecule has 5 rings (SSSR count). The van der Waals surface area contributed by atoms with Gasteiger partial charge in [0.2, 0.25) is 5.78 Å². The molecule has 0 amide bonds. The first-order valence-corrected chi connectivity index (χ1v) is 11.5. The second-order valence-corrected chi connectivity index (χ2v) is 8.83. The highest BCUT2D eigenvalue weighted by molar-refractivity contribution is 7.13. The van der Waals surface area contributed by atoms with Gasteiger partial charge < -0.3 is 9.30 Å². The van der Waals surface area contributed by atoms with Crippen molar-refractivity contribution in [2.24, 2.45) is 0 Å². The summed E-state index contributed by atoms with van der Waals surface area (Å²) in [6.45, 7) is 2.58. The number of thiazole rings is 1. The summed E-state index contributed by atoms with van der Waals surface area (Å²) in [4.78, 5) is 18.2. The Hall–Kier alpha value is -3.55. The summed E-state index contributed by atoms with van der Waals surface area (Å²) in [7, 11) is 1.62. The van der Waals surface area contributed by atoms with Crippen molar-refractivity contribution in [2.75, 3.05) is 7.11 Å². The minimum Gasteiger partial charge on any atom is -0.497 e. The van der Waals surface area contributed by atoms with Gasteiger partial charge in [-0.05, 0) is 55.0 Å². The molecule has 6 nitrogen and oxygen atoms in total. The van der Waals surface area contributed by atoms with E-state index in [1.807, 2.05) is 55.5 Å². The first-order chi connectivity index (χ1) is 16.0. The molecule has 3 heterocycles. The third kappa shape index (κ3) is 4.01. The number of aromatic nitrogens is 4. The van der Waals surface area contributed by atoms with Gasteiger partial charge >= 0.3 is 0 Å². The second-order valence-electron chi connectivity index (χ2n) is 7.53. The summed E-state index contributed by atoms with van der Waals surface area (Å²) >= 11 is 7.43. The molecule has 0 bridgehead atoms. The molecule has 0 unspecified atom stereocenters. The van der Waals surface area contributed by atoms with Crippen LogP contribution < -0.4 is 4.74 Å². The fourth-order valence-corrected chi connectivity index (χ4v) is 4.78. The highest BCUT2D eigenvalue weighted by Crippen LogP contribution is 2.33. The van der Waals surface area contributed by atoms with Gasteiger partial charge in [0.05, 0.1) is 12.7 Å². The van der Waals surface area contributed by atoms with Crippen molar-refractivity contribution in [1.29, 1.82) is 0 Å². The van der Waals surface area contributed by atoms with Gasteiger partial charge in [-0.15, -0.1) is 16.4 Å². The number of rotatable bonds is 6. The molecular weight excluding hydrogens is 456 g/mol. The van der Waals surface area contributed by atoms with Gasteiger partial charge in [-0.25, -0.2) is 4.98 Å². The first-order valence-electron chi connectivity index (χ1n) is 10.2. The minimum absolute atomic E-state index is 0.132. The van der Waals surface area contributed by atoms with Crippen LogP contribution in [0.3, 0.4) is 0 Å². The monoisotopic (exact) mass is 474 g/mol. The molecule has 0 aliphatic carbocycles. The lowest BCUT2D eigenvalue weighted by molar-refractivity contribution is 0.103. The Labute approximate surface area is 199 Å². The van der Waals surface area contributed by atoms with Crippen molar-refractivity contribution < 1.29 is 9.53 Å². The van der Waals surface area contributed by atoms with Gasteiger partial charge in [0.25, 0.3) is 0 Å². The second kappa shape index (κ2) is 8.77. The van der Waals surface area contributed by atoms with E-state index in [4.69, 9.17) is 16.3 Å². The highest BCUT2D eigenvalue weighted by atomic mass is 35.5. The molecule has 0 radical (unpaired) electrons.